The van der Waals surface area contributed by atoms with E-state index in [2.05, 4.69) is 27.7 Å². The van der Waals surface area contributed by atoms with Crippen LogP contribution >= 0.6 is 0 Å². The average molecular weight is 317 g/mol. The zero-order chi connectivity index (χ0) is 16.1. The number of rotatable bonds is 12. The fourth-order valence-electron chi connectivity index (χ4n) is 2.26. The Kier molecular flexibility index (Phi) is 11.4. The van der Waals surface area contributed by atoms with Crippen LogP contribution in [0.25, 0.3) is 0 Å². The first-order chi connectivity index (χ1) is 10.2. The van der Waals surface area contributed by atoms with Gasteiger partial charge in [-0.3, -0.25) is 0 Å². The zero-order valence-corrected chi connectivity index (χ0v) is 15.4. The molecule has 5 heteroatoms. The van der Waals surface area contributed by atoms with E-state index in [9.17, 15) is 0 Å². The molecule has 0 aromatic heterocycles. The largest absolute Gasteiger partial charge is 0.496 e. The first kappa shape index (κ1) is 20.2. The summed E-state index contributed by atoms with van der Waals surface area (Å²) in [6, 6.07) is 0. The lowest BCUT2D eigenvalue weighted by molar-refractivity contribution is 0.0669. The molecular formula is C16H32O4Si. The van der Waals surface area contributed by atoms with Gasteiger partial charge >= 0.3 is 8.56 Å². The number of ether oxygens (including phenoxy) is 2. The summed E-state index contributed by atoms with van der Waals surface area (Å²) in [5.74, 6) is 0. The molecule has 0 saturated carbocycles. The zero-order valence-electron chi connectivity index (χ0n) is 14.4. The minimum atomic E-state index is -2.65. The first-order valence-corrected chi connectivity index (χ1v) is 9.84. The van der Waals surface area contributed by atoms with E-state index < -0.39 is 8.56 Å². The van der Waals surface area contributed by atoms with Gasteiger partial charge in [0.2, 0.25) is 0 Å². The molecule has 0 heterocycles. The van der Waals surface area contributed by atoms with Crippen LogP contribution in [0.4, 0.5) is 0 Å². The summed E-state index contributed by atoms with van der Waals surface area (Å²) in [6.45, 7) is 8.31. The van der Waals surface area contributed by atoms with E-state index in [0.29, 0.717) is 0 Å². The summed E-state index contributed by atoms with van der Waals surface area (Å²) in [5.41, 5.74) is -0.203. The van der Waals surface area contributed by atoms with Crippen LogP contribution in [-0.2, 0) is 18.3 Å². The van der Waals surface area contributed by atoms with Gasteiger partial charge in [0.05, 0.1) is 12.5 Å². The van der Waals surface area contributed by atoms with Gasteiger partial charge in [-0.15, -0.1) is 0 Å². The van der Waals surface area contributed by atoms with Crippen LogP contribution in [0.2, 0.25) is 0 Å². The SMILES string of the molecule is CCC=COC(CC)[Si](OC)(OC)C(CC)OC=CCC. The van der Waals surface area contributed by atoms with E-state index in [1.54, 1.807) is 26.7 Å². The third-order valence-corrected chi connectivity index (χ3v) is 7.59. The summed E-state index contributed by atoms with van der Waals surface area (Å²) in [4.78, 5) is 0. The van der Waals surface area contributed by atoms with Gasteiger partial charge in [0.25, 0.3) is 0 Å². The third kappa shape index (κ3) is 5.85. The van der Waals surface area contributed by atoms with Crippen LogP contribution in [0.5, 0.6) is 0 Å². The highest BCUT2D eigenvalue weighted by molar-refractivity contribution is 6.70. The van der Waals surface area contributed by atoms with Crippen molar-refractivity contribution in [3.05, 3.63) is 24.7 Å². The van der Waals surface area contributed by atoms with Gasteiger partial charge < -0.3 is 18.3 Å². The highest BCUT2D eigenvalue weighted by Crippen LogP contribution is 2.26. The van der Waals surface area contributed by atoms with E-state index in [-0.39, 0.29) is 11.5 Å². The third-order valence-electron chi connectivity index (χ3n) is 3.43. The lowest BCUT2D eigenvalue weighted by Gasteiger charge is -2.38. The Labute approximate surface area is 131 Å². The average Bonchev–Trinajstić information content (AvgIpc) is 2.52. The van der Waals surface area contributed by atoms with Crippen molar-refractivity contribution in [1.82, 2.24) is 0 Å². The maximum atomic E-state index is 5.90. The van der Waals surface area contributed by atoms with Crippen LogP contribution in [0.1, 0.15) is 53.4 Å². The molecule has 0 N–H and O–H groups in total. The second-order valence-corrected chi connectivity index (χ2v) is 8.30. The summed E-state index contributed by atoms with van der Waals surface area (Å²) in [5, 5.41) is 0. The quantitative estimate of drug-likeness (QED) is 0.399. The molecule has 2 atom stereocenters. The fraction of sp³-hybridized carbons (Fsp3) is 0.750. The Bertz CT molecular complexity index is 275. The predicted molar refractivity (Wildman–Crippen MR) is 89.0 cm³/mol. The smallest absolute Gasteiger partial charge is 0.421 e. The highest BCUT2D eigenvalue weighted by Gasteiger charge is 2.53. The Balaban J connectivity index is 5.21. The van der Waals surface area contributed by atoms with Crippen molar-refractivity contribution in [2.45, 2.75) is 64.8 Å². The van der Waals surface area contributed by atoms with Crippen LogP contribution < -0.4 is 0 Å². The number of allylic oxidation sites excluding steroid dienone is 2. The van der Waals surface area contributed by atoms with Crippen molar-refractivity contribution >= 4 is 8.56 Å². The molecule has 0 aliphatic heterocycles. The van der Waals surface area contributed by atoms with Crippen molar-refractivity contribution in [3.8, 4) is 0 Å². The molecule has 0 aromatic rings. The van der Waals surface area contributed by atoms with Gasteiger partial charge in [-0.1, -0.05) is 39.8 Å². The highest BCUT2D eigenvalue weighted by atomic mass is 28.4. The molecule has 0 aliphatic rings. The van der Waals surface area contributed by atoms with Gasteiger partial charge in [-0.25, -0.2) is 0 Å². The first-order valence-electron chi connectivity index (χ1n) is 7.87. The van der Waals surface area contributed by atoms with E-state index >= 15 is 0 Å². The molecule has 0 saturated heterocycles. The van der Waals surface area contributed by atoms with E-state index in [4.69, 9.17) is 18.3 Å². The Morgan fingerprint density at radius 2 is 1.14 bits per heavy atom. The molecule has 0 spiro atoms. The van der Waals surface area contributed by atoms with Gasteiger partial charge in [0, 0.05) is 14.2 Å². The number of hydrogen-bond donors (Lipinski definition) is 0. The molecule has 0 amide bonds. The fourth-order valence-corrected chi connectivity index (χ4v) is 5.57. The van der Waals surface area contributed by atoms with E-state index in [0.717, 1.165) is 25.7 Å². The lowest BCUT2D eigenvalue weighted by atomic mass is 10.5. The molecule has 0 radical (unpaired) electrons. The van der Waals surface area contributed by atoms with Crippen LogP contribution in [0, 0.1) is 0 Å². The topological polar surface area (TPSA) is 36.9 Å². The van der Waals surface area contributed by atoms with Gasteiger partial charge in [0.15, 0.2) is 0 Å². The van der Waals surface area contributed by atoms with Gasteiger partial charge in [-0.2, -0.15) is 0 Å². The summed E-state index contributed by atoms with van der Waals surface area (Å²) < 4.78 is 23.5. The van der Waals surface area contributed by atoms with Crippen molar-refractivity contribution < 1.29 is 18.3 Å². The normalized spacial score (nSPS) is 15.5. The predicted octanol–water partition coefficient (Wildman–Crippen LogP) is 4.24. The second kappa shape index (κ2) is 11.8. The molecule has 0 aliphatic carbocycles. The monoisotopic (exact) mass is 316 g/mol. The van der Waals surface area contributed by atoms with Gasteiger partial charge in [-0.05, 0) is 25.7 Å². The van der Waals surface area contributed by atoms with Crippen LogP contribution in [0.3, 0.4) is 0 Å². The number of hydrogen-bond acceptors (Lipinski definition) is 4. The molecule has 0 rings (SSSR count). The van der Waals surface area contributed by atoms with Crippen LogP contribution in [0.15, 0.2) is 24.7 Å². The van der Waals surface area contributed by atoms with E-state index in [1.807, 2.05) is 12.2 Å². The summed E-state index contributed by atoms with van der Waals surface area (Å²) in [7, 11) is 0.741. The van der Waals surface area contributed by atoms with E-state index in [1.165, 1.54) is 0 Å². The van der Waals surface area contributed by atoms with Crippen molar-refractivity contribution in [2.24, 2.45) is 0 Å². The molecule has 0 fully saturated rings. The lowest BCUT2D eigenvalue weighted by Crippen LogP contribution is -2.62. The standard InChI is InChI=1S/C16H32O4Si/c1-7-11-13-19-15(9-3)21(17-5,18-6)16(10-4)20-14-12-8-2/h11-16H,7-10H2,1-6H3. The molecule has 0 bridgehead atoms. The summed E-state index contributed by atoms with van der Waals surface area (Å²) in [6.07, 6.45) is 11.0. The molecule has 2 unspecified atom stereocenters. The molecule has 0 aromatic carbocycles. The summed E-state index contributed by atoms with van der Waals surface area (Å²) >= 11 is 0. The maximum absolute atomic E-state index is 5.90. The van der Waals surface area contributed by atoms with Gasteiger partial charge in [0.1, 0.15) is 11.5 Å². The minimum absolute atomic E-state index is 0.102. The Morgan fingerprint density at radius 3 is 1.38 bits per heavy atom. The van der Waals surface area contributed by atoms with Crippen molar-refractivity contribution in [3.63, 3.8) is 0 Å². The second-order valence-electron chi connectivity index (χ2n) is 4.76. The molecular weight excluding hydrogens is 284 g/mol. The molecule has 21 heavy (non-hydrogen) atoms. The maximum Gasteiger partial charge on any atom is 0.421 e. The Morgan fingerprint density at radius 1 is 0.762 bits per heavy atom. The van der Waals surface area contributed by atoms with Crippen molar-refractivity contribution in [2.75, 3.05) is 14.2 Å². The Hall–Kier alpha value is -0.783. The molecule has 4 nitrogen and oxygen atoms in total. The molecule has 124 valence electrons. The minimum Gasteiger partial charge on any atom is -0.496 e. The van der Waals surface area contributed by atoms with Crippen molar-refractivity contribution in [1.29, 1.82) is 0 Å². The van der Waals surface area contributed by atoms with Crippen LogP contribution in [-0.4, -0.2) is 34.2 Å².